The van der Waals surface area contributed by atoms with Gasteiger partial charge in [0.2, 0.25) is 0 Å². The van der Waals surface area contributed by atoms with Crippen LogP contribution in [0, 0.1) is 32.4 Å². The molecule has 0 aliphatic heterocycles. The molecule has 3 heteroatoms. The molecule has 100 valence electrons. The fourth-order valence-corrected chi connectivity index (χ4v) is 2.36. The third-order valence-electron chi connectivity index (χ3n) is 3.33. The van der Waals surface area contributed by atoms with Gasteiger partial charge in [-0.05, 0) is 66.8 Å². The molecule has 1 N–H and O–H groups in total. The summed E-state index contributed by atoms with van der Waals surface area (Å²) in [6, 6.07) is 7.28. The van der Waals surface area contributed by atoms with Crippen LogP contribution >= 0.6 is 0 Å². The van der Waals surface area contributed by atoms with Gasteiger partial charge < -0.3 is 5.11 Å². The van der Waals surface area contributed by atoms with Gasteiger partial charge in [0.1, 0.15) is 17.7 Å². The van der Waals surface area contributed by atoms with Crippen LogP contribution < -0.4 is 0 Å². The zero-order chi connectivity index (χ0) is 14.2. The van der Waals surface area contributed by atoms with Crippen molar-refractivity contribution >= 4 is 0 Å². The number of rotatable bonds is 2. The van der Waals surface area contributed by atoms with E-state index in [4.69, 9.17) is 0 Å². The summed E-state index contributed by atoms with van der Waals surface area (Å²) in [5.74, 6) is -0.621. The molecule has 0 fully saturated rings. The number of halogens is 2. The van der Waals surface area contributed by atoms with Crippen molar-refractivity contribution in [3.63, 3.8) is 0 Å². The zero-order valence-corrected chi connectivity index (χ0v) is 11.2. The van der Waals surface area contributed by atoms with Gasteiger partial charge in [0.05, 0.1) is 0 Å². The van der Waals surface area contributed by atoms with Gasteiger partial charge in [-0.15, -0.1) is 0 Å². The Morgan fingerprint density at radius 3 is 2.00 bits per heavy atom. The Labute approximate surface area is 111 Å². The third-order valence-corrected chi connectivity index (χ3v) is 3.33. The lowest BCUT2D eigenvalue weighted by atomic mass is 9.92. The lowest BCUT2D eigenvalue weighted by molar-refractivity contribution is 0.218. The van der Waals surface area contributed by atoms with Crippen molar-refractivity contribution in [3.05, 3.63) is 69.8 Å². The summed E-state index contributed by atoms with van der Waals surface area (Å²) in [5, 5.41) is 10.4. The van der Waals surface area contributed by atoms with Gasteiger partial charge in [0.15, 0.2) is 0 Å². The van der Waals surface area contributed by atoms with Gasteiger partial charge in [0.25, 0.3) is 0 Å². The fraction of sp³-hybridized carbons (Fsp3) is 0.250. The highest BCUT2D eigenvalue weighted by Crippen LogP contribution is 2.29. The topological polar surface area (TPSA) is 20.2 Å². The minimum Gasteiger partial charge on any atom is -0.384 e. The van der Waals surface area contributed by atoms with E-state index in [2.05, 4.69) is 0 Å². The summed E-state index contributed by atoms with van der Waals surface area (Å²) < 4.78 is 26.5. The van der Waals surface area contributed by atoms with Gasteiger partial charge >= 0.3 is 0 Å². The molecule has 1 nitrogen and oxygen atoms in total. The van der Waals surface area contributed by atoms with Crippen LogP contribution in [0.15, 0.2) is 30.3 Å². The van der Waals surface area contributed by atoms with Crippen LogP contribution in [0.4, 0.5) is 8.78 Å². The number of aryl methyl sites for hydroxylation is 3. The van der Waals surface area contributed by atoms with Crippen LogP contribution in [-0.4, -0.2) is 5.11 Å². The monoisotopic (exact) mass is 262 g/mol. The highest BCUT2D eigenvalue weighted by atomic mass is 19.1. The lowest BCUT2D eigenvalue weighted by Crippen LogP contribution is -2.06. The maximum atomic E-state index is 13.3. The van der Waals surface area contributed by atoms with E-state index in [1.54, 1.807) is 32.9 Å². The first-order valence-electron chi connectivity index (χ1n) is 6.11. The Balaban J connectivity index is 2.49. The first-order valence-corrected chi connectivity index (χ1v) is 6.11. The van der Waals surface area contributed by atoms with Crippen molar-refractivity contribution in [1.29, 1.82) is 0 Å². The molecule has 0 aliphatic carbocycles. The number of hydrogen-bond acceptors (Lipinski definition) is 1. The summed E-state index contributed by atoms with van der Waals surface area (Å²) in [6.07, 6.45) is -0.875. The first kappa shape index (κ1) is 13.7. The zero-order valence-electron chi connectivity index (χ0n) is 11.2. The summed E-state index contributed by atoms with van der Waals surface area (Å²) >= 11 is 0. The summed E-state index contributed by atoms with van der Waals surface area (Å²) in [6.45, 7) is 5.16. The van der Waals surface area contributed by atoms with Gasteiger partial charge in [-0.1, -0.05) is 12.1 Å². The van der Waals surface area contributed by atoms with Crippen molar-refractivity contribution in [3.8, 4) is 0 Å². The number of aliphatic hydroxyl groups excluding tert-OH is 1. The Kier molecular flexibility index (Phi) is 3.67. The molecule has 0 amide bonds. The molecule has 0 radical (unpaired) electrons. The highest BCUT2D eigenvalue weighted by Gasteiger charge is 2.17. The molecule has 0 spiro atoms. The molecule has 0 bridgehead atoms. The molecular weight excluding hydrogens is 246 g/mol. The van der Waals surface area contributed by atoms with Crippen molar-refractivity contribution in [2.75, 3.05) is 0 Å². The van der Waals surface area contributed by atoms with E-state index in [1.807, 2.05) is 0 Å². The molecule has 0 heterocycles. The second-order valence-corrected chi connectivity index (χ2v) is 4.86. The van der Waals surface area contributed by atoms with Gasteiger partial charge in [-0.2, -0.15) is 0 Å². The standard InChI is InChI=1S/C16H16F2O/c1-9-6-12(4-5-14(9)18)16(19)15-10(2)7-13(17)8-11(15)3/h4-8,16,19H,1-3H3. The van der Waals surface area contributed by atoms with E-state index in [-0.39, 0.29) is 11.6 Å². The van der Waals surface area contributed by atoms with Crippen LogP contribution in [-0.2, 0) is 0 Å². The smallest absolute Gasteiger partial charge is 0.126 e. The Morgan fingerprint density at radius 1 is 0.895 bits per heavy atom. The molecule has 0 aromatic heterocycles. The largest absolute Gasteiger partial charge is 0.384 e. The number of hydrogen-bond donors (Lipinski definition) is 1. The van der Waals surface area contributed by atoms with Crippen LogP contribution in [0.2, 0.25) is 0 Å². The quantitative estimate of drug-likeness (QED) is 0.868. The van der Waals surface area contributed by atoms with E-state index in [0.29, 0.717) is 27.8 Å². The molecular formula is C16H16F2O. The molecule has 2 rings (SSSR count). The first-order chi connectivity index (χ1) is 8.90. The van der Waals surface area contributed by atoms with Crippen LogP contribution in [0.3, 0.4) is 0 Å². The van der Waals surface area contributed by atoms with E-state index < -0.39 is 6.10 Å². The minimum absolute atomic E-state index is 0.302. The molecule has 0 saturated heterocycles. The Bertz CT molecular complexity index is 597. The van der Waals surface area contributed by atoms with Crippen LogP contribution in [0.1, 0.15) is 33.9 Å². The van der Waals surface area contributed by atoms with Gasteiger partial charge in [-0.3, -0.25) is 0 Å². The normalized spacial score (nSPS) is 12.5. The average molecular weight is 262 g/mol. The van der Waals surface area contributed by atoms with Crippen LogP contribution in [0.5, 0.6) is 0 Å². The van der Waals surface area contributed by atoms with E-state index in [1.165, 1.54) is 18.2 Å². The summed E-state index contributed by atoms with van der Waals surface area (Å²) in [5.41, 5.74) is 3.14. The second-order valence-electron chi connectivity index (χ2n) is 4.86. The molecule has 19 heavy (non-hydrogen) atoms. The second kappa shape index (κ2) is 5.10. The Morgan fingerprint density at radius 2 is 1.47 bits per heavy atom. The summed E-state index contributed by atoms with van der Waals surface area (Å²) in [7, 11) is 0. The molecule has 1 atom stereocenters. The van der Waals surface area contributed by atoms with E-state index in [0.717, 1.165) is 0 Å². The van der Waals surface area contributed by atoms with E-state index in [9.17, 15) is 13.9 Å². The molecule has 0 aliphatic rings. The van der Waals surface area contributed by atoms with Crippen molar-refractivity contribution in [1.82, 2.24) is 0 Å². The predicted molar refractivity (Wildman–Crippen MR) is 71.1 cm³/mol. The molecule has 0 saturated carbocycles. The fourth-order valence-electron chi connectivity index (χ4n) is 2.36. The van der Waals surface area contributed by atoms with Crippen LogP contribution in [0.25, 0.3) is 0 Å². The SMILES string of the molecule is Cc1cc(C(O)c2c(C)cc(F)cc2C)ccc1F. The van der Waals surface area contributed by atoms with Gasteiger partial charge in [-0.25, -0.2) is 8.78 Å². The number of benzene rings is 2. The summed E-state index contributed by atoms with van der Waals surface area (Å²) in [4.78, 5) is 0. The maximum Gasteiger partial charge on any atom is 0.126 e. The average Bonchev–Trinajstić information content (AvgIpc) is 2.31. The molecule has 1 unspecified atom stereocenters. The molecule has 2 aromatic carbocycles. The van der Waals surface area contributed by atoms with Gasteiger partial charge in [0, 0.05) is 0 Å². The predicted octanol–water partition coefficient (Wildman–Crippen LogP) is 3.97. The van der Waals surface area contributed by atoms with Crippen molar-refractivity contribution < 1.29 is 13.9 Å². The van der Waals surface area contributed by atoms with Crippen molar-refractivity contribution in [2.24, 2.45) is 0 Å². The minimum atomic E-state index is -0.875. The van der Waals surface area contributed by atoms with E-state index >= 15 is 0 Å². The Hall–Kier alpha value is -1.74. The van der Waals surface area contributed by atoms with Crippen molar-refractivity contribution in [2.45, 2.75) is 26.9 Å². The molecule has 2 aromatic rings. The third kappa shape index (κ3) is 2.66. The lowest BCUT2D eigenvalue weighted by Gasteiger charge is -2.17. The maximum absolute atomic E-state index is 13.3. The number of aliphatic hydroxyl groups is 1. The highest BCUT2D eigenvalue weighted by molar-refractivity contribution is 5.41.